The fraction of sp³-hybridized carbons (Fsp3) is 0.409. The van der Waals surface area contributed by atoms with Gasteiger partial charge in [-0.15, -0.1) is 0 Å². The molecule has 28 heavy (non-hydrogen) atoms. The van der Waals surface area contributed by atoms with Crippen LogP contribution in [-0.2, 0) is 21.1 Å². The molecular formula is C22H24BrNO3S. The van der Waals surface area contributed by atoms with E-state index in [1.165, 1.54) is 0 Å². The number of hydrogen-bond donors (Lipinski definition) is 0. The summed E-state index contributed by atoms with van der Waals surface area (Å²) in [4.78, 5) is 15.3. The topological polar surface area (TPSA) is 54.5 Å². The molecule has 2 aliphatic rings. The number of piperidine rings is 1. The first-order chi connectivity index (χ1) is 13.4. The molecule has 0 N–H and O–H groups in total. The van der Waals surface area contributed by atoms with Gasteiger partial charge >= 0.3 is 0 Å². The van der Waals surface area contributed by atoms with Crippen molar-refractivity contribution < 1.29 is 13.2 Å². The number of hydrogen-bond acceptors (Lipinski definition) is 3. The quantitative estimate of drug-likeness (QED) is 0.663. The zero-order valence-corrected chi connectivity index (χ0v) is 18.0. The largest absolute Gasteiger partial charge is 0.337 e. The molecule has 4 nitrogen and oxygen atoms in total. The summed E-state index contributed by atoms with van der Waals surface area (Å²) in [5.74, 6) is 0.158. The Balaban J connectivity index is 1.42. The van der Waals surface area contributed by atoms with Gasteiger partial charge in [0.15, 0.2) is 9.84 Å². The summed E-state index contributed by atoms with van der Waals surface area (Å²) >= 11 is 3.43. The standard InChI is InChI=1S/C22H24BrNO3S/c23-17-9-6-16(7-10-17)8-13-22(25)24-18-11-12-19(24)15-21(14-18)28(26,27)20-4-2-1-3-5-20/h1-7,9-10,18-19,21H,8,11-15H2. The van der Waals surface area contributed by atoms with Crippen LogP contribution in [0.15, 0.2) is 64.0 Å². The highest BCUT2D eigenvalue weighted by Gasteiger charge is 2.46. The van der Waals surface area contributed by atoms with Crippen LogP contribution in [0, 0.1) is 0 Å². The van der Waals surface area contributed by atoms with Crippen molar-refractivity contribution >= 4 is 31.7 Å². The summed E-state index contributed by atoms with van der Waals surface area (Å²) in [5, 5.41) is -0.386. The zero-order valence-electron chi connectivity index (χ0n) is 15.6. The van der Waals surface area contributed by atoms with Gasteiger partial charge in [0.1, 0.15) is 0 Å². The van der Waals surface area contributed by atoms with Crippen LogP contribution in [0.25, 0.3) is 0 Å². The van der Waals surface area contributed by atoms with Crippen molar-refractivity contribution in [2.75, 3.05) is 0 Å². The molecule has 0 radical (unpaired) electrons. The van der Waals surface area contributed by atoms with Crippen LogP contribution in [0.3, 0.4) is 0 Å². The minimum atomic E-state index is -3.34. The minimum Gasteiger partial charge on any atom is -0.337 e. The second kappa shape index (κ2) is 7.99. The van der Waals surface area contributed by atoms with Crippen LogP contribution in [0.2, 0.25) is 0 Å². The molecule has 4 rings (SSSR count). The van der Waals surface area contributed by atoms with Gasteiger partial charge in [-0.3, -0.25) is 4.79 Å². The molecule has 0 saturated carbocycles. The Morgan fingerprint density at radius 2 is 1.57 bits per heavy atom. The summed E-state index contributed by atoms with van der Waals surface area (Å²) in [6.07, 6.45) is 4.12. The van der Waals surface area contributed by atoms with E-state index in [2.05, 4.69) is 15.9 Å². The summed E-state index contributed by atoms with van der Waals surface area (Å²) < 4.78 is 27.1. The first-order valence-electron chi connectivity index (χ1n) is 9.79. The molecule has 2 fully saturated rings. The van der Waals surface area contributed by atoms with Crippen LogP contribution in [0.4, 0.5) is 0 Å². The highest BCUT2D eigenvalue weighted by molar-refractivity contribution is 9.10. The third-order valence-corrected chi connectivity index (χ3v) is 8.75. The molecule has 0 spiro atoms. The molecule has 2 aromatic rings. The molecule has 2 bridgehead atoms. The lowest BCUT2D eigenvalue weighted by Crippen LogP contribution is -2.49. The number of aryl methyl sites for hydroxylation is 1. The van der Waals surface area contributed by atoms with E-state index in [-0.39, 0.29) is 23.2 Å². The number of amides is 1. The summed E-state index contributed by atoms with van der Waals surface area (Å²) in [6.45, 7) is 0. The van der Waals surface area contributed by atoms with Gasteiger partial charge in [0, 0.05) is 23.0 Å². The average molecular weight is 462 g/mol. The number of carbonyl (C=O) groups excluding carboxylic acids is 1. The molecular weight excluding hydrogens is 438 g/mol. The predicted octanol–water partition coefficient (Wildman–Crippen LogP) is 4.38. The number of halogens is 1. The molecule has 0 aromatic heterocycles. The van der Waals surface area contributed by atoms with Crippen LogP contribution in [-0.4, -0.2) is 36.6 Å². The van der Waals surface area contributed by atoms with E-state index in [4.69, 9.17) is 0 Å². The van der Waals surface area contributed by atoms with Gasteiger partial charge in [-0.1, -0.05) is 46.3 Å². The normalized spacial score (nSPS) is 24.3. The summed E-state index contributed by atoms with van der Waals surface area (Å²) in [7, 11) is -3.34. The Labute approximate surface area is 175 Å². The van der Waals surface area contributed by atoms with Crippen molar-refractivity contribution in [2.45, 2.75) is 60.8 Å². The summed E-state index contributed by atoms with van der Waals surface area (Å²) in [6, 6.07) is 16.9. The lowest BCUT2D eigenvalue weighted by molar-refractivity contribution is -0.135. The van der Waals surface area contributed by atoms with Crippen molar-refractivity contribution in [2.24, 2.45) is 0 Å². The molecule has 2 atom stereocenters. The summed E-state index contributed by atoms with van der Waals surface area (Å²) in [5.41, 5.74) is 1.14. The molecule has 2 heterocycles. The van der Waals surface area contributed by atoms with Crippen LogP contribution < -0.4 is 0 Å². The van der Waals surface area contributed by atoms with E-state index in [9.17, 15) is 13.2 Å². The molecule has 2 aliphatic heterocycles. The maximum absolute atomic E-state index is 13.0. The first-order valence-corrected chi connectivity index (χ1v) is 12.1. The van der Waals surface area contributed by atoms with E-state index in [0.717, 1.165) is 22.9 Å². The Bertz CT molecular complexity index is 930. The zero-order chi connectivity index (χ0) is 19.7. The number of nitrogens with zero attached hydrogens (tertiary/aromatic N) is 1. The van der Waals surface area contributed by atoms with Gasteiger partial charge in [0.05, 0.1) is 10.1 Å². The van der Waals surface area contributed by atoms with Crippen LogP contribution in [0.1, 0.15) is 37.7 Å². The Hall–Kier alpha value is -1.66. The van der Waals surface area contributed by atoms with Crippen molar-refractivity contribution in [1.29, 1.82) is 0 Å². The van der Waals surface area contributed by atoms with Gasteiger partial charge in [-0.05, 0) is 61.9 Å². The van der Waals surface area contributed by atoms with E-state index in [0.29, 0.717) is 30.6 Å². The highest BCUT2D eigenvalue weighted by Crippen LogP contribution is 2.40. The fourth-order valence-corrected chi connectivity index (χ4v) is 6.76. The second-order valence-corrected chi connectivity index (χ2v) is 10.9. The highest BCUT2D eigenvalue weighted by atomic mass is 79.9. The molecule has 2 saturated heterocycles. The van der Waals surface area contributed by atoms with Gasteiger partial charge < -0.3 is 4.90 Å². The molecule has 1 amide bonds. The number of fused-ring (bicyclic) bond motifs is 2. The second-order valence-electron chi connectivity index (χ2n) is 7.76. The SMILES string of the molecule is O=C(CCc1ccc(Br)cc1)N1C2CCC1CC(S(=O)(=O)c1ccccc1)C2. The molecule has 2 unspecified atom stereocenters. The molecule has 2 aromatic carbocycles. The average Bonchev–Trinajstić information content (AvgIpc) is 2.97. The lowest BCUT2D eigenvalue weighted by Gasteiger charge is -2.38. The van der Waals surface area contributed by atoms with E-state index < -0.39 is 9.84 Å². The monoisotopic (exact) mass is 461 g/mol. The Morgan fingerprint density at radius 1 is 0.964 bits per heavy atom. The predicted molar refractivity (Wildman–Crippen MR) is 113 cm³/mol. The van der Waals surface area contributed by atoms with Gasteiger partial charge in [0.2, 0.25) is 5.91 Å². The third kappa shape index (κ3) is 3.90. The maximum Gasteiger partial charge on any atom is 0.223 e. The Morgan fingerprint density at radius 3 is 2.18 bits per heavy atom. The maximum atomic E-state index is 13.0. The van der Waals surface area contributed by atoms with Gasteiger partial charge in [0.25, 0.3) is 0 Å². The van der Waals surface area contributed by atoms with Crippen molar-refractivity contribution in [3.63, 3.8) is 0 Å². The fourth-order valence-electron chi connectivity index (χ4n) is 4.62. The van der Waals surface area contributed by atoms with E-state index in [1.807, 2.05) is 35.2 Å². The minimum absolute atomic E-state index is 0.0552. The van der Waals surface area contributed by atoms with Gasteiger partial charge in [-0.2, -0.15) is 0 Å². The molecule has 0 aliphatic carbocycles. The molecule has 148 valence electrons. The first kappa shape index (κ1) is 19.6. The lowest BCUT2D eigenvalue weighted by atomic mass is 10.0. The number of rotatable bonds is 5. The van der Waals surface area contributed by atoms with Crippen molar-refractivity contribution in [3.05, 3.63) is 64.6 Å². The number of benzene rings is 2. The third-order valence-electron chi connectivity index (χ3n) is 6.03. The van der Waals surface area contributed by atoms with Crippen LogP contribution >= 0.6 is 15.9 Å². The molecule has 6 heteroatoms. The smallest absolute Gasteiger partial charge is 0.223 e. The van der Waals surface area contributed by atoms with Crippen molar-refractivity contribution in [3.8, 4) is 0 Å². The van der Waals surface area contributed by atoms with E-state index >= 15 is 0 Å². The van der Waals surface area contributed by atoms with E-state index in [1.54, 1.807) is 24.3 Å². The number of sulfone groups is 1. The van der Waals surface area contributed by atoms with Crippen molar-refractivity contribution in [1.82, 2.24) is 4.90 Å². The van der Waals surface area contributed by atoms with Crippen LogP contribution in [0.5, 0.6) is 0 Å². The van der Waals surface area contributed by atoms with Gasteiger partial charge in [-0.25, -0.2) is 8.42 Å². The Kier molecular flexibility index (Phi) is 5.61. The number of carbonyl (C=O) groups is 1.